The van der Waals surface area contributed by atoms with Crippen molar-refractivity contribution < 1.29 is 9.53 Å². The third kappa shape index (κ3) is 3.48. The molecule has 0 unspecified atom stereocenters. The van der Waals surface area contributed by atoms with Gasteiger partial charge in [0.2, 0.25) is 0 Å². The minimum atomic E-state index is -0.381. The van der Waals surface area contributed by atoms with Gasteiger partial charge in [0, 0.05) is 0 Å². The molecule has 0 amide bonds. The average molecular weight is 323 g/mol. The molecule has 0 aliphatic rings. The molecule has 0 aliphatic heterocycles. The monoisotopic (exact) mass is 323 g/mol. The van der Waals surface area contributed by atoms with Gasteiger partial charge in [-0.2, -0.15) is 4.68 Å². The zero-order valence-electron chi connectivity index (χ0n) is 13.3. The largest absolute Gasteiger partial charge is 0.442 e. The van der Waals surface area contributed by atoms with Crippen LogP contribution in [0.25, 0.3) is 10.9 Å². The van der Waals surface area contributed by atoms with Gasteiger partial charge >= 0.3 is 5.97 Å². The Morgan fingerprint density at radius 1 is 1.12 bits per heavy atom. The molecule has 1 heterocycles. The maximum atomic E-state index is 12.3. The van der Waals surface area contributed by atoms with Crippen LogP contribution in [0.15, 0.2) is 59.4 Å². The standard InChI is InChI=1S/C18H17N3O3/c1-13(14-7-3-2-4-8-14)11-17(22)24-12-21-18(23)15-9-5-6-10-16(15)19-20-21/h2-10,13H,11-12H2,1H3/t13-/m0/s1. The number of fused-ring (bicyclic) bond motifs is 1. The lowest BCUT2D eigenvalue weighted by molar-refractivity contribution is -0.148. The highest BCUT2D eigenvalue weighted by Gasteiger charge is 2.13. The highest BCUT2D eigenvalue weighted by Crippen LogP contribution is 2.18. The number of esters is 1. The van der Waals surface area contributed by atoms with Crippen LogP contribution in [0.3, 0.4) is 0 Å². The number of aromatic nitrogens is 3. The Morgan fingerprint density at radius 2 is 1.83 bits per heavy atom. The Bertz CT molecular complexity index is 906. The molecule has 122 valence electrons. The van der Waals surface area contributed by atoms with Crippen LogP contribution in [0.5, 0.6) is 0 Å². The van der Waals surface area contributed by atoms with E-state index in [1.165, 1.54) is 0 Å². The van der Waals surface area contributed by atoms with Crippen LogP contribution in [-0.2, 0) is 16.3 Å². The van der Waals surface area contributed by atoms with Gasteiger partial charge in [-0.15, -0.1) is 5.10 Å². The quantitative estimate of drug-likeness (QED) is 0.674. The Hall–Kier alpha value is -3.02. The number of ether oxygens (including phenoxy) is 1. The molecule has 0 N–H and O–H groups in total. The summed E-state index contributed by atoms with van der Waals surface area (Å²) in [5, 5.41) is 8.19. The number of nitrogens with zero attached hydrogens (tertiary/aromatic N) is 3. The van der Waals surface area contributed by atoms with Crippen LogP contribution in [0, 0.1) is 0 Å². The van der Waals surface area contributed by atoms with Crippen LogP contribution in [0.2, 0.25) is 0 Å². The molecule has 0 bridgehead atoms. The van der Waals surface area contributed by atoms with Crippen molar-refractivity contribution in [3.63, 3.8) is 0 Å². The highest BCUT2D eigenvalue weighted by atomic mass is 16.5. The first-order valence-electron chi connectivity index (χ1n) is 7.68. The summed E-state index contributed by atoms with van der Waals surface area (Å²) in [6.07, 6.45) is 0.236. The van der Waals surface area contributed by atoms with Gasteiger partial charge in [-0.25, -0.2) is 0 Å². The number of benzene rings is 2. The molecule has 1 atom stereocenters. The van der Waals surface area contributed by atoms with Crippen LogP contribution in [-0.4, -0.2) is 21.0 Å². The fourth-order valence-electron chi connectivity index (χ4n) is 2.45. The van der Waals surface area contributed by atoms with Crippen LogP contribution < -0.4 is 5.56 Å². The Morgan fingerprint density at radius 3 is 2.62 bits per heavy atom. The van der Waals surface area contributed by atoms with E-state index < -0.39 is 0 Å². The fraction of sp³-hybridized carbons (Fsp3) is 0.222. The zero-order valence-corrected chi connectivity index (χ0v) is 13.3. The summed E-state index contributed by atoms with van der Waals surface area (Å²) in [5.74, 6) is -0.341. The molecule has 3 rings (SSSR count). The lowest BCUT2D eigenvalue weighted by Gasteiger charge is -2.11. The number of carbonyl (C=O) groups is 1. The lowest BCUT2D eigenvalue weighted by atomic mass is 9.98. The van der Waals surface area contributed by atoms with Gasteiger partial charge in [0.05, 0.1) is 11.8 Å². The third-order valence-electron chi connectivity index (χ3n) is 3.82. The minimum absolute atomic E-state index is 0.0399. The van der Waals surface area contributed by atoms with E-state index in [1.807, 2.05) is 37.3 Å². The lowest BCUT2D eigenvalue weighted by Crippen LogP contribution is -2.26. The number of hydrogen-bond acceptors (Lipinski definition) is 5. The molecule has 6 heteroatoms. The Labute approximate surface area is 138 Å². The summed E-state index contributed by atoms with van der Waals surface area (Å²) in [7, 11) is 0. The average Bonchev–Trinajstić information content (AvgIpc) is 2.62. The summed E-state index contributed by atoms with van der Waals surface area (Å²) in [6.45, 7) is 1.72. The van der Waals surface area contributed by atoms with Crippen molar-refractivity contribution in [1.82, 2.24) is 15.0 Å². The van der Waals surface area contributed by atoms with E-state index in [0.29, 0.717) is 10.9 Å². The molecule has 0 radical (unpaired) electrons. The van der Waals surface area contributed by atoms with Crippen molar-refractivity contribution in [1.29, 1.82) is 0 Å². The van der Waals surface area contributed by atoms with Gasteiger partial charge in [-0.1, -0.05) is 54.6 Å². The smallest absolute Gasteiger partial charge is 0.308 e. The minimum Gasteiger partial charge on any atom is -0.442 e. The second-order valence-corrected chi connectivity index (χ2v) is 5.57. The second kappa shape index (κ2) is 7.04. The molecule has 3 aromatic rings. The number of carbonyl (C=O) groups excluding carboxylic acids is 1. The van der Waals surface area contributed by atoms with Crippen molar-refractivity contribution >= 4 is 16.9 Å². The topological polar surface area (TPSA) is 74.1 Å². The molecule has 2 aromatic carbocycles. The molecule has 0 spiro atoms. The van der Waals surface area contributed by atoms with Gasteiger partial charge in [-0.3, -0.25) is 9.59 Å². The third-order valence-corrected chi connectivity index (χ3v) is 3.82. The van der Waals surface area contributed by atoms with Crippen LogP contribution >= 0.6 is 0 Å². The molecule has 24 heavy (non-hydrogen) atoms. The number of rotatable bonds is 5. The van der Waals surface area contributed by atoms with Crippen molar-refractivity contribution in [2.75, 3.05) is 0 Å². The summed E-state index contributed by atoms with van der Waals surface area (Å²) in [4.78, 5) is 24.2. The van der Waals surface area contributed by atoms with Crippen LogP contribution in [0.1, 0.15) is 24.8 Å². The predicted molar refractivity (Wildman–Crippen MR) is 89.4 cm³/mol. The van der Waals surface area contributed by atoms with E-state index in [9.17, 15) is 9.59 Å². The van der Waals surface area contributed by atoms with Crippen molar-refractivity contribution in [3.8, 4) is 0 Å². The van der Waals surface area contributed by atoms with E-state index in [1.54, 1.807) is 24.3 Å². The molecule has 0 fully saturated rings. The van der Waals surface area contributed by atoms with Crippen molar-refractivity contribution in [2.24, 2.45) is 0 Å². The van der Waals surface area contributed by atoms with Crippen molar-refractivity contribution in [2.45, 2.75) is 26.0 Å². The van der Waals surface area contributed by atoms with E-state index in [4.69, 9.17) is 4.74 Å². The van der Waals surface area contributed by atoms with Crippen LogP contribution in [0.4, 0.5) is 0 Å². The maximum Gasteiger partial charge on any atom is 0.308 e. The second-order valence-electron chi connectivity index (χ2n) is 5.57. The van der Waals surface area contributed by atoms with E-state index >= 15 is 0 Å². The van der Waals surface area contributed by atoms with E-state index in [-0.39, 0.29) is 30.6 Å². The summed E-state index contributed by atoms with van der Waals surface area (Å²) < 4.78 is 6.22. The first kappa shape index (κ1) is 15.9. The number of hydrogen-bond donors (Lipinski definition) is 0. The normalized spacial score (nSPS) is 12.0. The van der Waals surface area contributed by atoms with Gasteiger partial charge in [-0.05, 0) is 23.6 Å². The Balaban J connectivity index is 1.64. The molecular formula is C18H17N3O3. The van der Waals surface area contributed by atoms with Crippen molar-refractivity contribution in [3.05, 3.63) is 70.5 Å². The first-order chi connectivity index (χ1) is 11.6. The van der Waals surface area contributed by atoms with Gasteiger partial charge < -0.3 is 4.74 Å². The molecule has 6 nitrogen and oxygen atoms in total. The summed E-state index contributed by atoms with van der Waals surface area (Å²) >= 11 is 0. The highest BCUT2D eigenvalue weighted by molar-refractivity contribution is 5.76. The van der Waals surface area contributed by atoms with E-state index in [0.717, 1.165) is 10.2 Å². The van der Waals surface area contributed by atoms with Gasteiger partial charge in [0.1, 0.15) is 5.52 Å². The predicted octanol–water partition coefficient (Wildman–Crippen LogP) is 2.49. The summed E-state index contributed by atoms with van der Waals surface area (Å²) in [6, 6.07) is 16.6. The molecule has 0 saturated carbocycles. The maximum absolute atomic E-state index is 12.3. The molecule has 0 saturated heterocycles. The zero-order chi connectivity index (χ0) is 16.9. The fourth-order valence-corrected chi connectivity index (χ4v) is 2.45. The SMILES string of the molecule is C[C@@H](CC(=O)OCn1nnc2ccccc2c1=O)c1ccccc1. The van der Waals surface area contributed by atoms with Gasteiger partial charge in [0.25, 0.3) is 5.56 Å². The molecule has 1 aromatic heterocycles. The van der Waals surface area contributed by atoms with E-state index in [2.05, 4.69) is 10.3 Å². The first-order valence-corrected chi connectivity index (χ1v) is 7.68. The molecular weight excluding hydrogens is 306 g/mol. The molecule has 0 aliphatic carbocycles. The summed E-state index contributed by atoms with van der Waals surface area (Å²) in [5.41, 5.74) is 1.25. The van der Waals surface area contributed by atoms with Gasteiger partial charge in [0.15, 0.2) is 6.73 Å². The Kier molecular flexibility index (Phi) is 4.65.